The zero-order chi connectivity index (χ0) is 18.6. The highest BCUT2D eigenvalue weighted by molar-refractivity contribution is 5.49. The topological polar surface area (TPSA) is 79.7 Å². The average molecular weight is 370 g/mol. The number of hydrogen-bond acceptors (Lipinski definition) is 7. The maximum absolute atomic E-state index is 9.12. The minimum atomic E-state index is 0.0500. The van der Waals surface area contributed by atoms with E-state index in [1.165, 1.54) is 11.1 Å². The van der Waals surface area contributed by atoms with Gasteiger partial charge in [0.2, 0.25) is 5.95 Å². The van der Waals surface area contributed by atoms with Crippen LogP contribution in [0.3, 0.4) is 0 Å². The van der Waals surface area contributed by atoms with Crippen LogP contribution in [-0.4, -0.2) is 55.1 Å². The summed E-state index contributed by atoms with van der Waals surface area (Å²) in [6, 6.07) is 8.37. The second-order valence-electron chi connectivity index (χ2n) is 6.99. The van der Waals surface area contributed by atoms with Gasteiger partial charge in [-0.3, -0.25) is 0 Å². The molecule has 0 aliphatic carbocycles. The van der Waals surface area contributed by atoms with Crippen LogP contribution in [0.4, 0.5) is 11.8 Å². The van der Waals surface area contributed by atoms with Crippen LogP contribution in [0.5, 0.6) is 5.75 Å². The van der Waals surface area contributed by atoms with E-state index in [0.717, 1.165) is 49.8 Å². The molecule has 2 N–H and O–H groups in total. The van der Waals surface area contributed by atoms with E-state index in [1.54, 1.807) is 7.11 Å². The van der Waals surface area contributed by atoms with Gasteiger partial charge in [0.25, 0.3) is 0 Å². The smallest absolute Gasteiger partial charge is 0.224 e. The number of nitrogens with zero attached hydrogens (tertiary/aromatic N) is 3. The van der Waals surface area contributed by atoms with Crippen molar-refractivity contribution in [2.75, 3.05) is 50.2 Å². The lowest BCUT2D eigenvalue weighted by atomic mass is 9.99. The van der Waals surface area contributed by atoms with Crippen LogP contribution in [0.2, 0.25) is 0 Å². The molecule has 7 heteroatoms. The Hall–Kier alpha value is -2.38. The second kappa shape index (κ2) is 8.10. The summed E-state index contributed by atoms with van der Waals surface area (Å²) >= 11 is 0. The molecule has 1 aromatic heterocycles. The summed E-state index contributed by atoms with van der Waals surface area (Å²) in [6.07, 6.45) is 1.94. The molecular weight excluding hydrogens is 344 g/mol. The summed E-state index contributed by atoms with van der Waals surface area (Å²) in [5, 5.41) is 12.2. The molecule has 1 unspecified atom stereocenters. The van der Waals surface area contributed by atoms with Crippen LogP contribution in [0.25, 0.3) is 0 Å². The van der Waals surface area contributed by atoms with E-state index >= 15 is 0 Å². The molecule has 2 aliphatic rings. The van der Waals surface area contributed by atoms with Gasteiger partial charge in [-0.2, -0.15) is 4.98 Å². The minimum absolute atomic E-state index is 0.0500. The predicted octanol–water partition coefficient (Wildman–Crippen LogP) is 1.96. The van der Waals surface area contributed by atoms with Gasteiger partial charge in [-0.1, -0.05) is 6.07 Å². The van der Waals surface area contributed by atoms with Crippen LogP contribution in [0, 0.1) is 0 Å². The fourth-order valence-corrected chi connectivity index (χ4v) is 3.69. The zero-order valence-corrected chi connectivity index (χ0v) is 15.6. The number of anilines is 2. The Kier molecular flexibility index (Phi) is 5.40. The molecule has 0 saturated carbocycles. The van der Waals surface area contributed by atoms with Gasteiger partial charge in [-0.25, -0.2) is 4.98 Å². The van der Waals surface area contributed by atoms with Crippen molar-refractivity contribution in [1.82, 2.24) is 9.97 Å². The van der Waals surface area contributed by atoms with E-state index in [2.05, 4.69) is 33.4 Å². The molecule has 2 aromatic rings. The predicted molar refractivity (Wildman–Crippen MR) is 104 cm³/mol. The summed E-state index contributed by atoms with van der Waals surface area (Å²) in [5.74, 6) is 2.71. The SMILES string of the molecule is COc1ccc2c(c1)CCN(c1cc(C3CCOC3)nc(NCCO)n1)C2. The highest BCUT2D eigenvalue weighted by Gasteiger charge is 2.24. The third-order valence-corrected chi connectivity index (χ3v) is 5.23. The summed E-state index contributed by atoms with van der Waals surface area (Å²) in [6.45, 7) is 3.69. The molecule has 0 bridgehead atoms. The molecule has 0 amide bonds. The quantitative estimate of drug-likeness (QED) is 0.804. The van der Waals surface area contributed by atoms with Gasteiger partial charge >= 0.3 is 0 Å². The van der Waals surface area contributed by atoms with Crippen molar-refractivity contribution in [2.45, 2.75) is 25.3 Å². The molecular formula is C20H26N4O3. The Balaban J connectivity index is 1.60. The molecule has 3 heterocycles. The molecule has 0 spiro atoms. The maximum atomic E-state index is 9.12. The van der Waals surface area contributed by atoms with E-state index in [-0.39, 0.29) is 6.61 Å². The van der Waals surface area contributed by atoms with Gasteiger partial charge in [0.15, 0.2) is 0 Å². The van der Waals surface area contributed by atoms with E-state index in [4.69, 9.17) is 19.6 Å². The van der Waals surface area contributed by atoms with Crippen LogP contribution in [-0.2, 0) is 17.7 Å². The number of aromatic nitrogens is 2. The normalized spacial score (nSPS) is 19.0. The summed E-state index contributed by atoms with van der Waals surface area (Å²) < 4.78 is 10.9. The molecule has 1 saturated heterocycles. The van der Waals surface area contributed by atoms with Gasteiger partial charge < -0.3 is 24.8 Å². The van der Waals surface area contributed by atoms with Crippen molar-refractivity contribution in [1.29, 1.82) is 0 Å². The number of ether oxygens (including phenoxy) is 2. The van der Waals surface area contributed by atoms with Crippen molar-refractivity contribution in [3.05, 3.63) is 41.1 Å². The number of hydrogen-bond donors (Lipinski definition) is 2. The summed E-state index contributed by atoms with van der Waals surface area (Å²) in [5.41, 5.74) is 3.65. The average Bonchev–Trinajstić information content (AvgIpc) is 3.26. The maximum Gasteiger partial charge on any atom is 0.224 e. The van der Waals surface area contributed by atoms with E-state index in [1.807, 2.05) is 6.07 Å². The van der Waals surface area contributed by atoms with E-state index in [0.29, 0.717) is 25.0 Å². The Morgan fingerprint density at radius 3 is 3.00 bits per heavy atom. The summed E-state index contributed by atoms with van der Waals surface area (Å²) in [4.78, 5) is 11.6. The van der Waals surface area contributed by atoms with Crippen LogP contribution in [0.1, 0.15) is 29.2 Å². The molecule has 2 aliphatic heterocycles. The molecule has 27 heavy (non-hydrogen) atoms. The molecule has 1 atom stereocenters. The minimum Gasteiger partial charge on any atom is -0.497 e. The van der Waals surface area contributed by atoms with Crippen LogP contribution < -0.4 is 15.0 Å². The number of aliphatic hydroxyl groups excluding tert-OH is 1. The largest absolute Gasteiger partial charge is 0.497 e. The molecule has 4 rings (SSSR count). The third kappa shape index (κ3) is 3.99. The van der Waals surface area contributed by atoms with Gasteiger partial charge in [-0.15, -0.1) is 0 Å². The number of rotatable bonds is 6. The van der Waals surface area contributed by atoms with Crippen molar-refractivity contribution >= 4 is 11.8 Å². The van der Waals surface area contributed by atoms with Gasteiger partial charge in [0.1, 0.15) is 11.6 Å². The van der Waals surface area contributed by atoms with Gasteiger partial charge in [0, 0.05) is 38.2 Å². The monoisotopic (exact) mass is 370 g/mol. The number of fused-ring (bicyclic) bond motifs is 1. The highest BCUT2D eigenvalue weighted by atomic mass is 16.5. The zero-order valence-electron chi connectivity index (χ0n) is 15.6. The van der Waals surface area contributed by atoms with Gasteiger partial charge in [0.05, 0.1) is 26.0 Å². The first-order valence-electron chi connectivity index (χ1n) is 9.49. The fraction of sp³-hybridized carbons (Fsp3) is 0.500. The number of benzene rings is 1. The molecule has 1 fully saturated rings. The molecule has 0 radical (unpaired) electrons. The van der Waals surface area contributed by atoms with Gasteiger partial charge in [-0.05, 0) is 36.1 Å². The van der Waals surface area contributed by atoms with Crippen molar-refractivity contribution in [2.24, 2.45) is 0 Å². The first-order valence-corrected chi connectivity index (χ1v) is 9.49. The van der Waals surface area contributed by atoms with E-state index in [9.17, 15) is 0 Å². The molecule has 144 valence electrons. The highest BCUT2D eigenvalue weighted by Crippen LogP contribution is 2.30. The fourth-order valence-electron chi connectivity index (χ4n) is 3.69. The lowest BCUT2D eigenvalue weighted by Crippen LogP contribution is -2.31. The lowest BCUT2D eigenvalue weighted by Gasteiger charge is -2.30. The number of aliphatic hydroxyl groups is 1. The lowest BCUT2D eigenvalue weighted by molar-refractivity contribution is 0.193. The Labute approximate surface area is 159 Å². The Morgan fingerprint density at radius 1 is 1.30 bits per heavy atom. The van der Waals surface area contributed by atoms with E-state index < -0.39 is 0 Å². The molecule has 7 nitrogen and oxygen atoms in total. The number of nitrogens with one attached hydrogen (secondary N) is 1. The van der Waals surface area contributed by atoms with Crippen molar-refractivity contribution in [3.8, 4) is 5.75 Å². The van der Waals surface area contributed by atoms with Crippen LogP contribution >= 0.6 is 0 Å². The third-order valence-electron chi connectivity index (χ3n) is 5.23. The Morgan fingerprint density at radius 2 is 2.22 bits per heavy atom. The van der Waals surface area contributed by atoms with Crippen molar-refractivity contribution < 1.29 is 14.6 Å². The molecule has 1 aromatic carbocycles. The van der Waals surface area contributed by atoms with Crippen molar-refractivity contribution in [3.63, 3.8) is 0 Å². The van der Waals surface area contributed by atoms with Crippen LogP contribution in [0.15, 0.2) is 24.3 Å². The standard InChI is InChI=1S/C20H26N4O3/c1-26-17-3-2-15-12-24(7-4-14(15)10-17)19-11-18(16-5-9-27-13-16)22-20(23-19)21-6-8-25/h2-3,10-11,16,25H,4-9,12-13H2,1H3,(H,21,22,23). The second-order valence-corrected chi connectivity index (χ2v) is 6.99. The number of methoxy groups -OCH3 is 1. The Bertz CT molecular complexity index is 793. The first-order chi connectivity index (χ1) is 13.3. The summed E-state index contributed by atoms with van der Waals surface area (Å²) in [7, 11) is 1.70. The first kappa shape index (κ1) is 18.0.